The van der Waals surface area contributed by atoms with Gasteiger partial charge in [-0.15, -0.1) is 12.4 Å². The van der Waals surface area contributed by atoms with Crippen LogP contribution in [-0.2, 0) is 14.8 Å². The second-order valence-electron chi connectivity index (χ2n) is 6.39. The number of carbonyl (C=O) groups is 1. The average molecular weight is 404 g/mol. The minimum atomic E-state index is -3.45. The molecule has 6 nitrogen and oxygen atoms in total. The number of hydrogen-bond acceptors (Lipinski definition) is 4. The molecule has 26 heavy (non-hydrogen) atoms. The van der Waals surface area contributed by atoms with Gasteiger partial charge in [-0.3, -0.25) is 4.79 Å². The lowest BCUT2D eigenvalue weighted by molar-refractivity contribution is -0.124. The average Bonchev–Trinajstić information content (AvgIpc) is 2.63. The van der Waals surface area contributed by atoms with E-state index < -0.39 is 10.0 Å². The molecular formula is C18H30ClN3O3S. The van der Waals surface area contributed by atoms with Crippen LogP contribution in [0.2, 0.25) is 0 Å². The smallest absolute Gasteiger partial charge is 0.243 e. The van der Waals surface area contributed by atoms with Crippen molar-refractivity contribution in [3.8, 4) is 0 Å². The highest BCUT2D eigenvalue weighted by molar-refractivity contribution is 7.89. The van der Waals surface area contributed by atoms with E-state index in [1.165, 1.54) is 4.31 Å². The fourth-order valence-electron chi connectivity index (χ4n) is 3.11. The quantitative estimate of drug-likeness (QED) is 0.733. The Balaban J connectivity index is 0.00000338. The number of benzene rings is 1. The number of nitrogens with zero attached hydrogens (tertiary/aromatic N) is 1. The summed E-state index contributed by atoms with van der Waals surface area (Å²) < 4.78 is 26.4. The second kappa shape index (κ2) is 10.3. The van der Waals surface area contributed by atoms with Crippen molar-refractivity contribution in [3.63, 3.8) is 0 Å². The van der Waals surface area contributed by atoms with Crippen LogP contribution >= 0.6 is 12.4 Å². The normalized spacial score (nSPS) is 18.8. The van der Waals surface area contributed by atoms with Crippen LogP contribution in [0.4, 0.5) is 0 Å². The van der Waals surface area contributed by atoms with Crippen molar-refractivity contribution < 1.29 is 13.2 Å². The first-order chi connectivity index (χ1) is 11.9. The molecular weight excluding hydrogens is 374 g/mol. The van der Waals surface area contributed by atoms with Crippen molar-refractivity contribution in [2.24, 2.45) is 0 Å². The summed E-state index contributed by atoms with van der Waals surface area (Å²) in [6.45, 7) is 7.33. The zero-order valence-corrected chi connectivity index (χ0v) is 17.3. The lowest BCUT2D eigenvalue weighted by Crippen LogP contribution is -2.47. The van der Waals surface area contributed by atoms with E-state index in [-0.39, 0.29) is 35.3 Å². The fourth-order valence-corrected chi connectivity index (χ4v) is 4.57. The molecule has 1 aromatic carbocycles. The minimum Gasteiger partial charge on any atom is -0.348 e. The first-order valence-electron chi connectivity index (χ1n) is 9.04. The summed E-state index contributed by atoms with van der Waals surface area (Å²) in [5.74, 6) is 0.00652. The van der Waals surface area contributed by atoms with E-state index in [9.17, 15) is 13.2 Å². The Kier molecular flexibility index (Phi) is 9.03. The Bertz CT molecular complexity index is 669. The standard InChI is InChI=1S/C18H29N3O3S.ClH/c1-4-21(5-2)25(23,24)16-11-9-15(10-12-16)14(3)20-18(22)17-8-6-7-13-19-17;/h9-12,14,17,19H,4-8,13H2,1-3H3,(H,20,22);1H. The number of nitrogens with one attached hydrogen (secondary N) is 2. The molecule has 0 radical (unpaired) electrons. The van der Waals surface area contributed by atoms with Gasteiger partial charge < -0.3 is 10.6 Å². The third-order valence-corrected chi connectivity index (χ3v) is 6.77. The van der Waals surface area contributed by atoms with Gasteiger partial charge in [0, 0.05) is 13.1 Å². The van der Waals surface area contributed by atoms with E-state index in [1.54, 1.807) is 24.3 Å². The molecule has 1 aliphatic heterocycles. The molecule has 148 valence electrons. The first-order valence-corrected chi connectivity index (χ1v) is 10.5. The van der Waals surface area contributed by atoms with E-state index >= 15 is 0 Å². The van der Waals surface area contributed by atoms with Crippen molar-refractivity contribution in [1.29, 1.82) is 0 Å². The number of amides is 1. The van der Waals surface area contributed by atoms with Crippen LogP contribution in [0.3, 0.4) is 0 Å². The zero-order chi connectivity index (χ0) is 18.4. The summed E-state index contributed by atoms with van der Waals surface area (Å²) in [4.78, 5) is 12.6. The monoisotopic (exact) mass is 403 g/mol. The molecule has 1 saturated heterocycles. The van der Waals surface area contributed by atoms with Gasteiger partial charge in [-0.05, 0) is 44.0 Å². The zero-order valence-electron chi connectivity index (χ0n) is 15.7. The van der Waals surface area contributed by atoms with Gasteiger partial charge in [0.15, 0.2) is 0 Å². The number of hydrogen-bond donors (Lipinski definition) is 2. The number of piperidine rings is 1. The van der Waals surface area contributed by atoms with Gasteiger partial charge in [0.05, 0.1) is 17.0 Å². The lowest BCUT2D eigenvalue weighted by atomic mass is 10.0. The summed E-state index contributed by atoms with van der Waals surface area (Å²) in [5.41, 5.74) is 0.891. The molecule has 1 amide bonds. The summed E-state index contributed by atoms with van der Waals surface area (Å²) in [7, 11) is -3.45. The largest absolute Gasteiger partial charge is 0.348 e. The molecule has 2 rings (SSSR count). The van der Waals surface area contributed by atoms with E-state index in [4.69, 9.17) is 0 Å². The Labute approximate surface area is 163 Å². The first kappa shape index (κ1) is 22.9. The lowest BCUT2D eigenvalue weighted by Gasteiger charge is -2.25. The topological polar surface area (TPSA) is 78.5 Å². The Morgan fingerprint density at radius 2 is 1.85 bits per heavy atom. The van der Waals surface area contributed by atoms with Gasteiger partial charge in [-0.2, -0.15) is 4.31 Å². The third-order valence-electron chi connectivity index (χ3n) is 4.71. The van der Waals surface area contributed by atoms with Crippen molar-refractivity contribution >= 4 is 28.3 Å². The summed E-state index contributed by atoms with van der Waals surface area (Å²) in [6, 6.07) is 6.49. The van der Waals surface area contributed by atoms with Crippen LogP contribution < -0.4 is 10.6 Å². The Hall–Kier alpha value is -1.15. The van der Waals surface area contributed by atoms with Crippen molar-refractivity contribution in [2.45, 2.75) is 57.0 Å². The molecule has 2 N–H and O–H groups in total. The van der Waals surface area contributed by atoms with Crippen LogP contribution in [0, 0.1) is 0 Å². The van der Waals surface area contributed by atoms with E-state index in [2.05, 4.69) is 10.6 Å². The SMILES string of the molecule is CCN(CC)S(=O)(=O)c1ccc(C(C)NC(=O)C2CCCCN2)cc1.Cl. The molecule has 1 aromatic rings. The van der Waals surface area contributed by atoms with Crippen LogP contribution in [0.25, 0.3) is 0 Å². The minimum absolute atomic E-state index is 0. The van der Waals surface area contributed by atoms with Gasteiger partial charge in [-0.25, -0.2) is 8.42 Å². The molecule has 2 unspecified atom stereocenters. The Morgan fingerprint density at radius 1 is 1.23 bits per heavy atom. The molecule has 0 spiro atoms. The maximum Gasteiger partial charge on any atom is 0.243 e. The van der Waals surface area contributed by atoms with Crippen LogP contribution in [0.15, 0.2) is 29.2 Å². The van der Waals surface area contributed by atoms with Gasteiger partial charge in [0.1, 0.15) is 0 Å². The summed E-state index contributed by atoms with van der Waals surface area (Å²) in [6.07, 6.45) is 3.04. The predicted molar refractivity (Wildman–Crippen MR) is 106 cm³/mol. The number of halogens is 1. The molecule has 1 fully saturated rings. The third kappa shape index (κ3) is 5.42. The maximum atomic E-state index is 12.5. The van der Waals surface area contributed by atoms with Crippen molar-refractivity contribution in [3.05, 3.63) is 29.8 Å². The summed E-state index contributed by atoms with van der Waals surface area (Å²) in [5, 5.41) is 6.24. The number of carbonyl (C=O) groups excluding carboxylic acids is 1. The van der Waals surface area contributed by atoms with Gasteiger partial charge >= 0.3 is 0 Å². The van der Waals surface area contributed by atoms with Crippen LogP contribution in [0.5, 0.6) is 0 Å². The molecule has 1 aliphatic rings. The molecule has 1 heterocycles. The second-order valence-corrected chi connectivity index (χ2v) is 8.33. The number of sulfonamides is 1. The van der Waals surface area contributed by atoms with Gasteiger partial charge in [-0.1, -0.05) is 32.4 Å². The van der Waals surface area contributed by atoms with E-state index in [0.29, 0.717) is 13.1 Å². The predicted octanol–water partition coefficient (Wildman–Crippen LogP) is 2.46. The molecule has 0 aliphatic carbocycles. The van der Waals surface area contributed by atoms with Gasteiger partial charge in [0.2, 0.25) is 15.9 Å². The molecule has 2 atom stereocenters. The van der Waals surface area contributed by atoms with E-state index in [0.717, 1.165) is 31.4 Å². The Morgan fingerprint density at radius 3 is 2.35 bits per heavy atom. The fraction of sp³-hybridized carbons (Fsp3) is 0.611. The van der Waals surface area contributed by atoms with E-state index in [1.807, 2.05) is 20.8 Å². The van der Waals surface area contributed by atoms with Crippen molar-refractivity contribution in [2.75, 3.05) is 19.6 Å². The van der Waals surface area contributed by atoms with Crippen molar-refractivity contribution in [1.82, 2.24) is 14.9 Å². The molecule has 0 aromatic heterocycles. The molecule has 8 heteroatoms. The van der Waals surface area contributed by atoms with Crippen LogP contribution in [-0.4, -0.2) is 44.3 Å². The van der Waals surface area contributed by atoms with Crippen LogP contribution in [0.1, 0.15) is 51.6 Å². The van der Waals surface area contributed by atoms with Gasteiger partial charge in [0.25, 0.3) is 0 Å². The highest BCUT2D eigenvalue weighted by atomic mass is 35.5. The summed E-state index contributed by atoms with van der Waals surface area (Å²) >= 11 is 0. The highest BCUT2D eigenvalue weighted by Gasteiger charge is 2.23. The highest BCUT2D eigenvalue weighted by Crippen LogP contribution is 2.20. The number of rotatable bonds is 7. The maximum absolute atomic E-state index is 12.5. The molecule has 0 saturated carbocycles. The molecule has 0 bridgehead atoms.